The number of halogens is 4. The zero-order valence-corrected chi connectivity index (χ0v) is 15.2. The van der Waals surface area contributed by atoms with Gasteiger partial charge in [-0.05, 0) is 28.4 Å². The zero-order chi connectivity index (χ0) is 13.8. The molecule has 7 heteroatoms. The van der Waals surface area contributed by atoms with Crippen molar-refractivity contribution in [2.75, 3.05) is 26.2 Å². The third kappa shape index (κ3) is 4.96. The molecule has 0 spiro atoms. The second-order valence-corrected chi connectivity index (χ2v) is 5.68. The maximum absolute atomic E-state index is 13.4. The molecule has 1 aliphatic rings. The molecule has 1 saturated heterocycles. The molecule has 21 heavy (non-hydrogen) atoms. The van der Waals surface area contributed by atoms with Gasteiger partial charge in [0.05, 0.1) is 4.47 Å². The van der Waals surface area contributed by atoms with Crippen molar-refractivity contribution < 1.29 is 9.50 Å². The predicted octanol–water partition coefficient (Wildman–Crippen LogP) is 3.88. The molecule has 1 heterocycles. The second-order valence-electron chi connectivity index (χ2n) is 4.89. The van der Waals surface area contributed by atoms with Gasteiger partial charge in [-0.1, -0.05) is 19.4 Å². The van der Waals surface area contributed by atoms with Crippen LogP contribution in [0.3, 0.4) is 0 Å². The monoisotopic (exact) mass is 402 g/mol. The summed E-state index contributed by atoms with van der Waals surface area (Å²) in [5.74, 6) is -0.381. The van der Waals surface area contributed by atoms with Gasteiger partial charge in [0.25, 0.3) is 0 Å². The Morgan fingerprint density at radius 2 is 1.95 bits per heavy atom. The largest absolute Gasteiger partial charge is 0.506 e. The number of benzene rings is 1. The van der Waals surface area contributed by atoms with E-state index in [0.717, 1.165) is 44.6 Å². The van der Waals surface area contributed by atoms with Gasteiger partial charge in [0.15, 0.2) is 0 Å². The summed E-state index contributed by atoms with van der Waals surface area (Å²) in [7, 11) is 0. The van der Waals surface area contributed by atoms with Crippen molar-refractivity contribution in [2.45, 2.75) is 25.8 Å². The number of hydrogen-bond acceptors (Lipinski definition) is 3. The molecule has 2 N–H and O–H groups in total. The first-order valence-electron chi connectivity index (χ1n) is 6.76. The third-order valence-electron chi connectivity index (χ3n) is 3.61. The molecule has 2 rings (SSSR count). The maximum atomic E-state index is 13.4. The summed E-state index contributed by atoms with van der Waals surface area (Å²) in [5.41, 5.74) is 0.817. The highest BCUT2D eigenvalue weighted by atomic mass is 79.9. The molecular weight excluding hydrogens is 382 g/mol. The van der Waals surface area contributed by atoms with Crippen LogP contribution in [0.1, 0.15) is 31.4 Å². The minimum Gasteiger partial charge on any atom is -0.506 e. The average Bonchev–Trinajstić information content (AvgIpc) is 2.44. The van der Waals surface area contributed by atoms with Crippen molar-refractivity contribution in [2.24, 2.45) is 0 Å². The molecule has 3 nitrogen and oxygen atoms in total. The topological polar surface area (TPSA) is 35.5 Å². The van der Waals surface area contributed by atoms with Crippen LogP contribution >= 0.6 is 40.7 Å². The Morgan fingerprint density at radius 1 is 1.33 bits per heavy atom. The van der Waals surface area contributed by atoms with Gasteiger partial charge < -0.3 is 10.4 Å². The van der Waals surface area contributed by atoms with Gasteiger partial charge in [0.1, 0.15) is 11.6 Å². The maximum Gasteiger partial charge on any atom is 0.141 e. The van der Waals surface area contributed by atoms with Crippen molar-refractivity contribution in [3.05, 3.63) is 28.0 Å². The van der Waals surface area contributed by atoms with Crippen LogP contribution in [-0.2, 0) is 0 Å². The molecule has 0 aliphatic carbocycles. The molecule has 0 unspecified atom stereocenters. The van der Waals surface area contributed by atoms with E-state index in [2.05, 4.69) is 33.1 Å². The van der Waals surface area contributed by atoms with Gasteiger partial charge in [0.2, 0.25) is 0 Å². The third-order valence-corrected chi connectivity index (χ3v) is 4.37. The average molecular weight is 404 g/mol. The lowest BCUT2D eigenvalue weighted by molar-refractivity contribution is 0.162. The molecule has 1 aromatic carbocycles. The number of hydrogen-bond donors (Lipinski definition) is 2. The number of phenols is 1. The van der Waals surface area contributed by atoms with E-state index in [4.69, 9.17) is 0 Å². The van der Waals surface area contributed by atoms with Gasteiger partial charge in [-0.15, -0.1) is 24.8 Å². The first-order chi connectivity index (χ1) is 9.15. The Morgan fingerprint density at radius 3 is 2.52 bits per heavy atom. The second kappa shape index (κ2) is 9.85. The first kappa shape index (κ1) is 20.9. The van der Waals surface area contributed by atoms with E-state index in [-0.39, 0.29) is 41.1 Å². The van der Waals surface area contributed by atoms with Gasteiger partial charge in [-0.2, -0.15) is 0 Å². The van der Waals surface area contributed by atoms with Crippen molar-refractivity contribution in [1.29, 1.82) is 0 Å². The van der Waals surface area contributed by atoms with Crippen LogP contribution in [0.25, 0.3) is 0 Å². The molecule has 0 aromatic heterocycles. The fourth-order valence-corrected chi connectivity index (χ4v) is 2.99. The normalized spacial score (nSPS) is 16.7. The Balaban J connectivity index is 0.00000200. The standard InChI is InChI=1S/C14H20BrFN2O.2ClH/c1-2-3-12(18-8-6-17-7-9-18)10-4-5-11(16)13(15)14(10)19;;/h4-5,12,17,19H,2-3,6-9H2,1H3;2*1H/t12-;;/m0../s1. The summed E-state index contributed by atoms with van der Waals surface area (Å²) >= 11 is 3.12. The van der Waals surface area contributed by atoms with Crippen LogP contribution < -0.4 is 5.32 Å². The minimum absolute atomic E-state index is 0. The number of nitrogens with zero attached hydrogens (tertiary/aromatic N) is 1. The molecule has 0 amide bonds. The van der Waals surface area contributed by atoms with Crippen LogP contribution in [0.2, 0.25) is 0 Å². The van der Waals surface area contributed by atoms with Crippen LogP contribution in [0.15, 0.2) is 16.6 Å². The smallest absolute Gasteiger partial charge is 0.141 e. The molecular formula is C14H22BrCl2FN2O. The van der Waals surface area contributed by atoms with Crippen LogP contribution in [0.5, 0.6) is 5.75 Å². The lowest BCUT2D eigenvalue weighted by Crippen LogP contribution is -2.45. The van der Waals surface area contributed by atoms with E-state index in [1.54, 1.807) is 6.07 Å². The van der Waals surface area contributed by atoms with Gasteiger partial charge in [-0.3, -0.25) is 4.90 Å². The minimum atomic E-state index is -0.420. The quantitative estimate of drug-likeness (QED) is 0.800. The molecule has 1 aromatic rings. The fourth-order valence-electron chi connectivity index (χ4n) is 2.63. The van der Waals surface area contributed by atoms with Crippen molar-refractivity contribution >= 4 is 40.7 Å². The summed E-state index contributed by atoms with van der Waals surface area (Å²) in [6, 6.07) is 3.28. The van der Waals surface area contributed by atoms with E-state index >= 15 is 0 Å². The zero-order valence-electron chi connectivity index (χ0n) is 11.9. The number of piperazine rings is 1. The van der Waals surface area contributed by atoms with E-state index in [1.807, 2.05) is 0 Å². The number of rotatable bonds is 4. The van der Waals surface area contributed by atoms with Gasteiger partial charge in [0, 0.05) is 37.8 Å². The van der Waals surface area contributed by atoms with E-state index < -0.39 is 5.82 Å². The summed E-state index contributed by atoms with van der Waals surface area (Å²) in [5, 5.41) is 13.5. The summed E-state index contributed by atoms with van der Waals surface area (Å²) in [6.45, 7) is 5.97. The van der Waals surface area contributed by atoms with E-state index in [1.165, 1.54) is 6.07 Å². The molecule has 0 radical (unpaired) electrons. The van der Waals surface area contributed by atoms with Crippen molar-refractivity contribution in [1.82, 2.24) is 10.2 Å². The van der Waals surface area contributed by atoms with Crippen molar-refractivity contribution in [3.63, 3.8) is 0 Å². The summed E-state index contributed by atoms with van der Waals surface area (Å²) < 4.78 is 13.6. The van der Waals surface area contributed by atoms with Crippen molar-refractivity contribution in [3.8, 4) is 5.75 Å². The Hall–Kier alpha value is -0.0700. The lowest BCUT2D eigenvalue weighted by atomic mass is 9.99. The lowest BCUT2D eigenvalue weighted by Gasteiger charge is -2.35. The predicted molar refractivity (Wildman–Crippen MR) is 92.4 cm³/mol. The Bertz CT molecular complexity index is 445. The van der Waals surface area contributed by atoms with Crippen LogP contribution in [-0.4, -0.2) is 36.2 Å². The molecule has 0 bridgehead atoms. The molecule has 122 valence electrons. The number of phenolic OH excluding ortho intramolecular Hbond substituents is 1. The van der Waals surface area contributed by atoms with E-state index in [9.17, 15) is 9.50 Å². The van der Waals surface area contributed by atoms with Gasteiger partial charge in [-0.25, -0.2) is 4.39 Å². The summed E-state index contributed by atoms with van der Waals surface area (Å²) in [4.78, 5) is 2.36. The van der Waals surface area contributed by atoms with E-state index in [0.29, 0.717) is 0 Å². The van der Waals surface area contributed by atoms with Crippen LogP contribution in [0, 0.1) is 5.82 Å². The Labute approximate surface area is 146 Å². The highest BCUT2D eigenvalue weighted by molar-refractivity contribution is 9.10. The molecule has 1 aliphatic heterocycles. The van der Waals surface area contributed by atoms with Gasteiger partial charge >= 0.3 is 0 Å². The fraction of sp³-hybridized carbons (Fsp3) is 0.571. The SMILES string of the molecule is CCC[C@@H](c1ccc(F)c(Br)c1O)N1CCNCC1.Cl.Cl. The molecule has 0 saturated carbocycles. The molecule has 1 fully saturated rings. The highest BCUT2D eigenvalue weighted by Crippen LogP contribution is 2.38. The van der Waals surface area contributed by atoms with Crippen LogP contribution in [0.4, 0.5) is 4.39 Å². The Kier molecular flexibility index (Phi) is 9.81. The molecule has 1 atom stereocenters. The highest BCUT2D eigenvalue weighted by Gasteiger charge is 2.25. The number of aromatic hydroxyl groups is 1. The first-order valence-corrected chi connectivity index (χ1v) is 7.56. The number of nitrogens with one attached hydrogen (secondary N) is 1. The summed E-state index contributed by atoms with van der Waals surface area (Å²) in [6.07, 6.45) is 1.99.